The van der Waals surface area contributed by atoms with Crippen LogP contribution in [0.2, 0.25) is 0 Å². The summed E-state index contributed by atoms with van der Waals surface area (Å²) in [6.45, 7) is 1.41. The Morgan fingerprint density at radius 3 is 2.94 bits per heavy atom. The second kappa shape index (κ2) is 5.12. The van der Waals surface area contributed by atoms with Gasteiger partial charge < -0.3 is 19.1 Å². The summed E-state index contributed by atoms with van der Waals surface area (Å²) in [6, 6.07) is 0.168. The Labute approximate surface area is 95.6 Å². The first-order chi connectivity index (χ1) is 7.77. The van der Waals surface area contributed by atoms with E-state index in [1.165, 1.54) is 0 Å². The minimum absolute atomic E-state index is 0.0413. The fourth-order valence-electron chi connectivity index (χ4n) is 2.68. The summed E-state index contributed by atoms with van der Waals surface area (Å²) in [7, 11) is 3.24. The van der Waals surface area contributed by atoms with Crippen LogP contribution in [0.3, 0.4) is 0 Å². The third kappa shape index (κ3) is 2.07. The summed E-state index contributed by atoms with van der Waals surface area (Å²) < 4.78 is 16.0. The van der Waals surface area contributed by atoms with Gasteiger partial charge >= 0.3 is 0 Å². The Kier molecular flexibility index (Phi) is 3.78. The summed E-state index contributed by atoms with van der Waals surface area (Å²) in [5.74, 6) is 0.0533. The van der Waals surface area contributed by atoms with Crippen molar-refractivity contribution in [3.63, 3.8) is 0 Å². The van der Waals surface area contributed by atoms with Gasteiger partial charge in [-0.2, -0.15) is 0 Å². The van der Waals surface area contributed by atoms with Crippen LogP contribution in [0.25, 0.3) is 0 Å². The first-order valence-electron chi connectivity index (χ1n) is 5.70. The molecule has 0 radical (unpaired) electrons. The van der Waals surface area contributed by atoms with Crippen LogP contribution in [0, 0.1) is 0 Å². The van der Waals surface area contributed by atoms with E-state index in [9.17, 15) is 4.79 Å². The second-order valence-electron chi connectivity index (χ2n) is 4.27. The van der Waals surface area contributed by atoms with Crippen molar-refractivity contribution in [2.75, 3.05) is 34.0 Å². The van der Waals surface area contributed by atoms with Crippen molar-refractivity contribution >= 4 is 5.91 Å². The molecule has 0 bridgehead atoms. The number of carbonyl (C=O) groups is 1. The summed E-state index contributed by atoms with van der Waals surface area (Å²) in [5.41, 5.74) is 0. The van der Waals surface area contributed by atoms with E-state index in [1.807, 2.05) is 4.90 Å². The maximum atomic E-state index is 11.8. The molecule has 92 valence electrons. The van der Waals surface area contributed by atoms with Crippen molar-refractivity contribution in [1.82, 2.24) is 4.90 Å². The van der Waals surface area contributed by atoms with Crippen LogP contribution >= 0.6 is 0 Å². The smallest absolute Gasteiger partial charge is 0.248 e. The molecule has 1 saturated heterocycles. The van der Waals surface area contributed by atoms with E-state index in [2.05, 4.69) is 0 Å². The van der Waals surface area contributed by atoms with Gasteiger partial charge in [-0.25, -0.2) is 0 Å². The molecular formula is C11H19NO4. The molecule has 0 aromatic rings. The molecule has 0 spiro atoms. The lowest BCUT2D eigenvalue weighted by molar-refractivity contribution is -0.153. The largest absolute Gasteiger partial charge is 0.379 e. The Hall–Kier alpha value is -0.650. The molecule has 0 aromatic carbocycles. The average Bonchev–Trinajstić information content (AvgIpc) is 2.71. The Bertz CT molecular complexity index is 258. The summed E-state index contributed by atoms with van der Waals surface area (Å²) in [4.78, 5) is 13.7. The van der Waals surface area contributed by atoms with Crippen molar-refractivity contribution in [3.05, 3.63) is 0 Å². The van der Waals surface area contributed by atoms with Crippen LogP contribution in [0.1, 0.15) is 12.8 Å². The van der Waals surface area contributed by atoms with Gasteiger partial charge in [-0.05, 0) is 12.8 Å². The van der Waals surface area contributed by atoms with Crippen LogP contribution in [-0.4, -0.2) is 63.0 Å². The highest BCUT2D eigenvalue weighted by Crippen LogP contribution is 2.31. The number of amides is 1. The number of ether oxygens (including phenoxy) is 3. The monoisotopic (exact) mass is 229 g/mol. The summed E-state index contributed by atoms with van der Waals surface area (Å²) in [5, 5.41) is 0. The van der Waals surface area contributed by atoms with Crippen LogP contribution in [0.15, 0.2) is 0 Å². The molecule has 1 saturated carbocycles. The van der Waals surface area contributed by atoms with Crippen molar-refractivity contribution in [3.8, 4) is 0 Å². The van der Waals surface area contributed by atoms with E-state index in [4.69, 9.17) is 14.2 Å². The Balaban J connectivity index is 2.02. The number of fused-ring (bicyclic) bond motifs is 1. The zero-order valence-corrected chi connectivity index (χ0v) is 9.85. The molecule has 0 N–H and O–H groups in total. The quantitative estimate of drug-likeness (QED) is 0.685. The molecular weight excluding hydrogens is 210 g/mol. The van der Waals surface area contributed by atoms with Gasteiger partial charge in [0.1, 0.15) is 12.7 Å². The van der Waals surface area contributed by atoms with Gasteiger partial charge in [0, 0.05) is 20.8 Å². The fourth-order valence-corrected chi connectivity index (χ4v) is 2.68. The fraction of sp³-hybridized carbons (Fsp3) is 0.909. The third-order valence-corrected chi connectivity index (χ3v) is 3.43. The molecule has 1 amide bonds. The molecule has 5 heteroatoms. The highest BCUT2D eigenvalue weighted by atomic mass is 16.5. The van der Waals surface area contributed by atoms with Gasteiger partial charge in [0.15, 0.2) is 0 Å². The Morgan fingerprint density at radius 1 is 1.44 bits per heavy atom. The van der Waals surface area contributed by atoms with E-state index < -0.39 is 0 Å². The van der Waals surface area contributed by atoms with E-state index >= 15 is 0 Å². The van der Waals surface area contributed by atoms with Crippen molar-refractivity contribution in [2.45, 2.75) is 31.1 Å². The number of hydrogen-bond acceptors (Lipinski definition) is 4. The normalized spacial score (nSPS) is 33.9. The number of rotatable bonds is 3. The van der Waals surface area contributed by atoms with Gasteiger partial charge in [0.25, 0.3) is 0 Å². The standard InChI is InChI=1S/C11H19NO4/c1-14-7-10(13)12-5-6-16-11-8(12)3-4-9(11)15-2/h8-9,11H,3-7H2,1-2H3/t8-,9-,11-/m1/s1. The topological polar surface area (TPSA) is 48.0 Å². The molecule has 2 rings (SSSR count). The molecule has 5 nitrogen and oxygen atoms in total. The lowest BCUT2D eigenvalue weighted by atomic mass is 10.1. The van der Waals surface area contributed by atoms with Crippen molar-refractivity contribution < 1.29 is 19.0 Å². The predicted octanol–water partition coefficient (Wildman–Crippen LogP) is 0.0376. The molecule has 1 aliphatic carbocycles. The number of methoxy groups -OCH3 is 2. The van der Waals surface area contributed by atoms with Crippen LogP contribution < -0.4 is 0 Å². The van der Waals surface area contributed by atoms with Gasteiger partial charge in [0.05, 0.1) is 18.8 Å². The number of hydrogen-bond donors (Lipinski definition) is 0. The maximum Gasteiger partial charge on any atom is 0.248 e. The molecule has 16 heavy (non-hydrogen) atoms. The van der Waals surface area contributed by atoms with E-state index in [1.54, 1.807) is 14.2 Å². The van der Waals surface area contributed by atoms with Crippen molar-refractivity contribution in [2.24, 2.45) is 0 Å². The molecule has 2 fully saturated rings. The molecule has 0 aromatic heterocycles. The molecule has 1 aliphatic heterocycles. The van der Waals surface area contributed by atoms with Gasteiger partial charge in [-0.1, -0.05) is 0 Å². The average molecular weight is 229 g/mol. The number of carbonyl (C=O) groups excluding carboxylic acids is 1. The second-order valence-corrected chi connectivity index (χ2v) is 4.27. The number of nitrogens with zero attached hydrogens (tertiary/aromatic N) is 1. The zero-order valence-electron chi connectivity index (χ0n) is 9.85. The highest BCUT2D eigenvalue weighted by Gasteiger charge is 2.44. The van der Waals surface area contributed by atoms with E-state index in [-0.39, 0.29) is 30.8 Å². The lowest BCUT2D eigenvalue weighted by Crippen LogP contribution is -2.54. The molecule has 3 atom stereocenters. The SMILES string of the molecule is COCC(=O)N1CCO[C@@H]2[C@H]1CC[C@H]2OC. The predicted molar refractivity (Wildman–Crippen MR) is 57.1 cm³/mol. The van der Waals surface area contributed by atoms with E-state index in [0.717, 1.165) is 12.8 Å². The molecule has 0 unspecified atom stereocenters. The minimum Gasteiger partial charge on any atom is -0.379 e. The zero-order chi connectivity index (χ0) is 11.5. The number of morpholine rings is 1. The lowest BCUT2D eigenvalue weighted by Gasteiger charge is -2.38. The minimum atomic E-state index is 0.0413. The van der Waals surface area contributed by atoms with E-state index in [0.29, 0.717) is 13.2 Å². The van der Waals surface area contributed by atoms with Crippen molar-refractivity contribution in [1.29, 1.82) is 0 Å². The van der Waals surface area contributed by atoms with Crippen LogP contribution in [-0.2, 0) is 19.0 Å². The first-order valence-corrected chi connectivity index (χ1v) is 5.70. The Morgan fingerprint density at radius 2 is 2.25 bits per heavy atom. The van der Waals surface area contributed by atoms with Gasteiger partial charge in [-0.15, -0.1) is 0 Å². The van der Waals surface area contributed by atoms with Crippen LogP contribution in [0.5, 0.6) is 0 Å². The van der Waals surface area contributed by atoms with Gasteiger partial charge in [0.2, 0.25) is 5.91 Å². The summed E-state index contributed by atoms with van der Waals surface area (Å²) >= 11 is 0. The van der Waals surface area contributed by atoms with Crippen LogP contribution in [0.4, 0.5) is 0 Å². The first kappa shape index (κ1) is 11.8. The maximum absolute atomic E-state index is 11.8. The molecule has 1 heterocycles. The summed E-state index contributed by atoms with van der Waals surface area (Å²) in [6.07, 6.45) is 2.09. The highest BCUT2D eigenvalue weighted by molar-refractivity contribution is 5.78. The van der Waals surface area contributed by atoms with Gasteiger partial charge in [-0.3, -0.25) is 4.79 Å². The third-order valence-electron chi connectivity index (χ3n) is 3.43. The molecule has 2 aliphatic rings.